The summed E-state index contributed by atoms with van der Waals surface area (Å²) in [6.45, 7) is 0.715. The molecule has 0 spiro atoms. The van der Waals surface area contributed by atoms with Crippen molar-refractivity contribution in [3.05, 3.63) is 129 Å². The molecule has 3 N–H and O–H groups in total. The number of nitrogens with one attached hydrogen (secondary N) is 3. The highest BCUT2D eigenvalue weighted by Crippen LogP contribution is 2.21. The Kier molecular flexibility index (Phi) is 7.33. The average Bonchev–Trinajstić information content (AvgIpc) is 3.31. The van der Waals surface area contributed by atoms with Crippen molar-refractivity contribution < 1.29 is 9.59 Å². The monoisotopic (exact) mass is 525 g/mol. The molecule has 2 aromatic heterocycles. The van der Waals surface area contributed by atoms with Gasteiger partial charge in [0.2, 0.25) is 5.91 Å². The van der Waals surface area contributed by atoms with Gasteiger partial charge in [-0.15, -0.1) is 0 Å². The van der Waals surface area contributed by atoms with Crippen LogP contribution in [0.25, 0.3) is 10.9 Å². The number of anilines is 1. The van der Waals surface area contributed by atoms with Crippen LogP contribution in [0.15, 0.2) is 95.9 Å². The van der Waals surface area contributed by atoms with Gasteiger partial charge >= 0.3 is 0 Å². The summed E-state index contributed by atoms with van der Waals surface area (Å²) in [5.74, 6) is -0.477. The minimum atomic E-state index is -0.279. The van der Waals surface area contributed by atoms with E-state index >= 15 is 0 Å². The van der Waals surface area contributed by atoms with E-state index in [0.717, 1.165) is 27.7 Å². The molecule has 0 fully saturated rings. The molecule has 5 aromatic rings. The number of aromatic amines is 1. The van der Waals surface area contributed by atoms with Crippen molar-refractivity contribution in [1.29, 1.82) is 0 Å². The third-order valence-electron chi connectivity index (χ3n) is 6.07. The first-order valence-electron chi connectivity index (χ1n) is 12.0. The van der Waals surface area contributed by atoms with E-state index in [4.69, 9.17) is 11.6 Å². The molecular formula is C29H24ClN5O3. The molecule has 0 saturated heterocycles. The molecule has 38 heavy (non-hydrogen) atoms. The number of carbonyl (C=O) groups is 2. The van der Waals surface area contributed by atoms with Gasteiger partial charge in [-0.1, -0.05) is 48.0 Å². The minimum Gasteiger partial charge on any atom is -0.346 e. The molecule has 0 aliphatic rings. The Morgan fingerprint density at radius 1 is 0.921 bits per heavy atom. The van der Waals surface area contributed by atoms with Crippen molar-refractivity contribution >= 4 is 40.0 Å². The molecule has 0 bridgehead atoms. The first kappa shape index (κ1) is 25.0. The number of benzene rings is 3. The Labute approximate surface area is 223 Å². The average molecular weight is 526 g/mol. The molecule has 0 atom stereocenters. The smallest absolute Gasteiger partial charge is 0.251 e. The fraction of sp³-hybridized carbons (Fsp3) is 0.103. The van der Waals surface area contributed by atoms with Crippen LogP contribution in [0.1, 0.15) is 27.2 Å². The lowest BCUT2D eigenvalue weighted by molar-refractivity contribution is -0.115. The van der Waals surface area contributed by atoms with Crippen LogP contribution in [0.4, 0.5) is 5.69 Å². The van der Waals surface area contributed by atoms with Crippen molar-refractivity contribution in [2.24, 2.45) is 0 Å². The molecule has 0 aliphatic carbocycles. The van der Waals surface area contributed by atoms with Gasteiger partial charge in [0.25, 0.3) is 11.5 Å². The third kappa shape index (κ3) is 5.99. The number of rotatable bonds is 8. The molecular weight excluding hydrogens is 502 g/mol. The van der Waals surface area contributed by atoms with E-state index in [2.05, 4.69) is 20.8 Å². The Balaban J connectivity index is 1.17. The number of hydrogen-bond donors (Lipinski definition) is 3. The van der Waals surface area contributed by atoms with Gasteiger partial charge in [0.05, 0.1) is 30.7 Å². The highest BCUT2D eigenvalue weighted by atomic mass is 35.5. The molecule has 9 heteroatoms. The van der Waals surface area contributed by atoms with E-state index in [-0.39, 0.29) is 30.3 Å². The molecule has 0 radical (unpaired) electrons. The first-order valence-corrected chi connectivity index (χ1v) is 12.4. The molecule has 0 saturated carbocycles. The summed E-state index contributed by atoms with van der Waals surface area (Å²) in [5.41, 5.74) is 4.21. The molecule has 8 nitrogen and oxygen atoms in total. The van der Waals surface area contributed by atoms with Gasteiger partial charge in [-0.25, -0.2) is 0 Å². The van der Waals surface area contributed by atoms with Crippen molar-refractivity contribution in [1.82, 2.24) is 20.1 Å². The summed E-state index contributed by atoms with van der Waals surface area (Å²) in [7, 11) is 0. The van der Waals surface area contributed by atoms with Crippen molar-refractivity contribution in [2.45, 2.75) is 19.5 Å². The largest absolute Gasteiger partial charge is 0.346 e. The van der Waals surface area contributed by atoms with Crippen molar-refractivity contribution in [3.8, 4) is 0 Å². The molecule has 5 rings (SSSR count). The number of hydrogen-bond acceptors (Lipinski definition) is 4. The lowest BCUT2D eigenvalue weighted by atomic mass is 10.1. The fourth-order valence-electron chi connectivity index (χ4n) is 4.12. The molecule has 190 valence electrons. The van der Waals surface area contributed by atoms with E-state index in [1.807, 2.05) is 36.4 Å². The molecule has 0 aliphatic heterocycles. The van der Waals surface area contributed by atoms with Crippen LogP contribution in [-0.2, 0) is 24.3 Å². The van der Waals surface area contributed by atoms with Crippen LogP contribution < -0.4 is 16.2 Å². The second-order valence-corrected chi connectivity index (χ2v) is 9.27. The lowest BCUT2D eigenvalue weighted by Gasteiger charge is -2.09. The van der Waals surface area contributed by atoms with Gasteiger partial charge in [-0.3, -0.25) is 19.5 Å². The second kappa shape index (κ2) is 11.1. The summed E-state index contributed by atoms with van der Waals surface area (Å²) in [5, 5.41) is 14.3. The number of H-pyrrole nitrogens is 1. The first-order chi connectivity index (χ1) is 18.4. The van der Waals surface area contributed by atoms with E-state index in [1.165, 1.54) is 6.07 Å². The van der Waals surface area contributed by atoms with Crippen LogP contribution in [0.3, 0.4) is 0 Å². The molecule has 3 aromatic carbocycles. The van der Waals surface area contributed by atoms with Gasteiger partial charge in [0.15, 0.2) is 0 Å². The van der Waals surface area contributed by atoms with Crippen LogP contribution in [0, 0.1) is 0 Å². The number of aromatic nitrogens is 3. The topological polar surface area (TPSA) is 109 Å². The van der Waals surface area contributed by atoms with Gasteiger partial charge in [0, 0.05) is 33.9 Å². The zero-order chi connectivity index (χ0) is 26.5. The number of carbonyl (C=O) groups excluding carboxylic acids is 2. The zero-order valence-electron chi connectivity index (χ0n) is 20.3. The maximum Gasteiger partial charge on any atom is 0.251 e. The number of pyridine rings is 1. The van der Waals surface area contributed by atoms with Gasteiger partial charge in [-0.2, -0.15) is 5.10 Å². The highest BCUT2D eigenvalue weighted by molar-refractivity contribution is 6.31. The maximum atomic E-state index is 12.8. The maximum absolute atomic E-state index is 12.8. The Morgan fingerprint density at radius 2 is 1.74 bits per heavy atom. The summed E-state index contributed by atoms with van der Waals surface area (Å²) in [4.78, 5) is 37.3. The number of halogens is 1. The predicted molar refractivity (Wildman–Crippen MR) is 147 cm³/mol. The number of amides is 2. The normalized spacial score (nSPS) is 10.9. The third-order valence-corrected chi connectivity index (χ3v) is 6.30. The molecule has 2 amide bonds. The summed E-state index contributed by atoms with van der Waals surface area (Å²) in [6.07, 6.45) is 1.92. The van der Waals surface area contributed by atoms with E-state index in [1.54, 1.807) is 53.2 Å². The van der Waals surface area contributed by atoms with Gasteiger partial charge in [0.1, 0.15) is 0 Å². The van der Waals surface area contributed by atoms with Crippen LogP contribution in [-0.4, -0.2) is 26.6 Å². The van der Waals surface area contributed by atoms with E-state index in [9.17, 15) is 14.4 Å². The quantitative estimate of drug-likeness (QED) is 0.276. The zero-order valence-corrected chi connectivity index (χ0v) is 21.0. The highest BCUT2D eigenvalue weighted by Gasteiger charge is 2.11. The summed E-state index contributed by atoms with van der Waals surface area (Å²) in [6, 6.07) is 24.8. The Morgan fingerprint density at radius 3 is 2.55 bits per heavy atom. The van der Waals surface area contributed by atoms with Crippen LogP contribution >= 0.6 is 11.6 Å². The van der Waals surface area contributed by atoms with E-state index in [0.29, 0.717) is 22.8 Å². The van der Waals surface area contributed by atoms with Gasteiger partial charge < -0.3 is 15.2 Å². The lowest BCUT2D eigenvalue weighted by Crippen LogP contribution is -2.23. The molecule has 2 heterocycles. The minimum absolute atomic E-state index is 0.0633. The van der Waals surface area contributed by atoms with Crippen LogP contribution in [0.5, 0.6) is 0 Å². The fourth-order valence-corrected chi connectivity index (χ4v) is 4.29. The van der Waals surface area contributed by atoms with Crippen LogP contribution in [0.2, 0.25) is 5.02 Å². The molecule has 0 unspecified atom stereocenters. The van der Waals surface area contributed by atoms with E-state index < -0.39 is 0 Å². The SMILES string of the molecule is O=C(Cc1ccc(Cn2ccccc2=O)cc1)Nc1cccc(C(=O)NCc2[nH]nc3ccc(Cl)cc23)c1. The van der Waals surface area contributed by atoms with Gasteiger partial charge in [-0.05, 0) is 53.6 Å². The van der Waals surface area contributed by atoms with Crippen molar-refractivity contribution in [2.75, 3.05) is 5.32 Å². The number of fused-ring (bicyclic) bond motifs is 1. The standard InChI is InChI=1S/C29H24ClN5O3/c30-22-11-12-25-24(16-22)26(34-33-25)17-31-29(38)21-4-3-5-23(15-21)32-27(36)14-19-7-9-20(10-8-19)18-35-13-2-1-6-28(35)37/h1-13,15-16H,14,17-18H2,(H,31,38)(H,32,36)(H,33,34). The summed E-state index contributed by atoms with van der Waals surface area (Å²) >= 11 is 6.08. The van der Waals surface area contributed by atoms with Crippen molar-refractivity contribution in [3.63, 3.8) is 0 Å². The predicted octanol–water partition coefficient (Wildman–Crippen LogP) is 4.54. The number of nitrogens with zero attached hydrogens (tertiary/aromatic N) is 2. The summed E-state index contributed by atoms with van der Waals surface area (Å²) < 4.78 is 1.62. The Bertz CT molecular complexity index is 1670. The second-order valence-electron chi connectivity index (χ2n) is 8.84. The Hall–Kier alpha value is -4.69.